The molecule has 11 atom stereocenters. The van der Waals surface area contributed by atoms with Gasteiger partial charge in [0.05, 0.1) is 26.4 Å². The molecule has 0 bridgehead atoms. The van der Waals surface area contributed by atoms with Gasteiger partial charge < -0.3 is 64.2 Å². The molecule has 2 heterocycles. The molecule has 2 rings (SSSR count). The van der Waals surface area contributed by atoms with Crippen LogP contribution < -0.4 is 0 Å². The Balaban J connectivity index is 1.75. The largest absolute Gasteiger partial charge is 0.457 e. The van der Waals surface area contributed by atoms with Gasteiger partial charge in [-0.05, 0) is 51.4 Å². The van der Waals surface area contributed by atoms with Gasteiger partial charge in [0.1, 0.15) is 54.9 Å². The Morgan fingerprint density at radius 3 is 1.46 bits per heavy atom. The van der Waals surface area contributed by atoms with Crippen LogP contribution in [-0.2, 0) is 33.2 Å². The molecular formula is C54H98O14. The zero-order valence-electron chi connectivity index (χ0n) is 42.3. The van der Waals surface area contributed by atoms with Crippen molar-refractivity contribution in [1.82, 2.24) is 0 Å². The van der Waals surface area contributed by atoms with Crippen LogP contribution in [0.1, 0.15) is 200 Å². The highest BCUT2D eigenvalue weighted by molar-refractivity contribution is 5.69. The molecule has 0 radical (unpaired) electrons. The lowest BCUT2D eigenvalue weighted by atomic mass is 9.98. The number of aliphatic hydroxyl groups excluding tert-OH is 7. The van der Waals surface area contributed by atoms with E-state index >= 15 is 0 Å². The maximum atomic E-state index is 13.0. The Labute approximate surface area is 410 Å². The van der Waals surface area contributed by atoms with Gasteiger partial charge in [-0.1, -0.05) is 179 Å². The Bertz CT molecular complexity index is 1260. The van der Waals surface area contributed by atoms with Crippen LogP contribution in [0.25, 0.3) is 0 Å². The van der Waals surface area contributed by atoms with Crippen molar-refractivity contribution in [2.45, 2.75) is 268 Å². The molecule has 14 nitrogen and oxygen atoms in total. The first kappa shape index (κ1) is 62.3. The molecule has 0 aromatic rings. The predicted molar refractivity (Wildman–Crippen MR) is 266 cm³/mol. The van der Waals surface area contributed by atoms with Gasteiger partial charge >= 0.3 is 5.97 Å². The van der Waals surface area contributed by atoms with Crippen molar-refractivity contribution in [3.05, 3.63) is 36.5 Å². The molecule has 0 saturated carbocycles. The van der Waals surface area contributed by atoms with E-state index in [1.54, 1.807) is 0 Å². The van der Waals surface area contributed by atoms with Gasteiger partial charge in [0.15, 0.2) is 12.6 Å². The van der Waals surface area contributed by atoms with E-state index in [0.29, 0.717) is 13.0 Å². The standard InChI is InChI=1S/C54H98O14/c1-3-5-7-9-11-13-15-17-19-20-21-22-23-24-26-28-30-32-34-36-38-63-40-43(66-46(56)37-35-33-31-29-27-25-18-16-14-12-10-8-6-4-2)41-64-53-52(62)50(60)48(58)45(68-53)42-65-54-51(61)49(59)47(57)44(39-55)67-54/h11,13,17,19,21-22,43-45,47-55,57-62H,3-10,12,14-16,18,20,23-42H2,1-2H3/b13-11-,19-17-,22-21-. The van der Waals surface area contributed by atoms with Crippen molar-refractivity contribution in [2.24, 2.45) is 0 Å². The zero-order chi connectivity index (χ0) is 49.5. The van der Waals surface area contributed by atoms with Crippen molar-refractivity contribution in [3.8, 4) is 0 Å². The van der Waals surface area contributed by atoms with Crippen LogP contribution in [0.4, 0.5) is 0 Å². The minimum atomic E-state index is -1.71. The van der Waals surface area contributed by atoms with Crippen LogP contribution in [-0.4, -0.2) is 142 Å². The van der Waals surface area contributed by atoms with Crippen molar-refractivity contribution in [1.29, 1.82) is 0 Å². The number of carbonyl (C=O) groups is 1. The third-order valence-electron chi connectivity index (χ3n) is 12.9. The first-order valence-corrected chi connectivity index (χ1v) is 27.1. The highest BCUT2D eigenvalue weighted by atomic mass is 16.7. The topological polar surface area (TPSA) is 214 Å². The normalized spacial score (nSPS) is 26.1. The van der Waals surface area contributed by atoms with Gasteiger partial charge in [0, 0.05) is 13.0 Å². The van der Waals surface area contributed by atoms with Gasteiger partial charge in [-0.2, -0.15) is 0 Å². The second-order valence-electron chi connectivity index (χ2n) is 19.1. The summed E-state index contributed by atoms with van der Waals surface area (Å²) < 4.78 is 34.3. The fourth-order valence-electron chi connectivity index (χ4n) is 8.47. The van der Waals surface area contributed by atoms with Crippen LogP contribution in [0, 0.1) is 0 Å². The molecule has 0 aromatic heterocycles. The molecular weight excluding hydrogens is 873 g/mol. The van der Waals surface area contributed by atoms with E-state index in [4.69, 9.17) is 28.4 Å². The first-order chi connectivity index (χ1) is 33.1. The fourth-order valence-corrected chi connectivity index (χ4v) is 8.47. The smallest absolute Gasteiger partial charge is 0.306 e. The number of hydrogen-bond acceptors (Lipinski definition) is 14. The second kappa shape index (κ2) is 41.8. The van der Waals surface area contributed by atoms with Crippen molar-refractivity contribution in [2.75, 3.05) is 33.0 Å². The molecule has 68 heavy (non-hydrogen) atoms. The summed E-state index contributed by atoms with van der Waals surface area (Å²) in [4.78, 5) is 13.0. The fraction of sp³-hybridized carbons (Fsp3) is 0.870. The lowest BCUT2D eigenvalue weighted by Crippen LogP contribution is -2.61. The number of aliphatic hydroxyl groups is 7. The van der Waals surface area contributed by atoms with E-state index in [2.05, 4.69) is 50.3 Å². The lowest BCUT2D eigenvalue weighted by molar-refractivity contribution is -0.332. The van der Waals surface area contributed by atoms with Crippen molar-refractivity contribution >= 4 is 5.97 Å². The molecule has 2 saturated heterocycles. The number of hydrogen-bond donors (Lipinski definition) is 7. The maximum absolute atomic E-state index is 13.0. The summed E-state index contributed by atoms with van der Waals surface area (Å²) in [6.45, 7) is 3.65. The molecule has 0 amide bonds. The molecule has 7 N–H and O–H groups in total. The molecule has 0 spiro atoms. The number of rotatable bonds is 43. The van der Waals surface area contributed by atoms with Crippen LogP contribution in [0.2, 0.25) is 0 Å². The van der Waals surface area contributed by atoms with E-state index in [1.807, 2.05) is 0 Å². The lowest BCUT2D eigenvalue weighted by Gasteiger charge is -2.42. The quantitative estimate of drug-likeness (QED) is 0.0173. The summed E-state index contributed by atoms with van der Waals surface area (Å²) in [7, 11) is 0. The SMILES string of the molecule is CCCCC/C=C\C/C=C\C/C=C\CCCCCCCCCOCC(COC1OC(COC2OC(CO)C(O)C(O)C2O)C(O)C(O)C1O)OC(=O)CCCCCCCCCCCCCCCC. The summed E-state index contributed by atoms with van der Waals surface area (Å²) >= 11 is 0. The van der Waals surface area contributed by atoms with Gasteiger partial charge in [0.2, 0.25) is 0 Å². The second-order valence-corrected chi connectivity index (χ2v) is 19.1. The van der Waals surface area contributed by atoms with Crippen molar-refractivity contribution in [3.63, 3.8) is 0 Å². The van der Waals surface area contributed by atoms with E-state index in [9.17, 15) is 40.5 Å². The number of esters is 1. The van der Waals surface area contributed by atoms with E-state index in [-0.39, 0.29) is 25.6 Å². The van der Waals surface area contributed by atoms with Crippen LogP contribution in [0.5, 0.6) is 0 Å². The molecule has 2 aliphatic heterocycles. The summed E-state index contributed by atoms with van der Waals surface area (Å²) in [6.07, 6.45) is 30.6. The van der Waals surface area contributed by atoms with Gasteiger partial charge in [-0.15, -0.1) is 0 Å². The van der Waals surface area contributed by atoms with Crippen LogP contribution in [0.3, 0.4) is 0 Å². The Morgan fingerprint density at radius 1 is 0.485 bits per heavy atom. The summed E-state index contributed by atoms with van der Waals surface area (Å²) in [6, 6.07) is 0. The average Bonchev–Trinajstić information content (AvgIpc) is 3.33. The maximum Gasteiger partial charge on any atom is 0.306 e. The molecule has 0 aromatic carbocycles. The van der Waals surface area contributed by atoms with Crippen LogP contribution >= 0.6 is 0 Å². The highest BCUT2D eigenvalue weighted by Gasteiger charge is 2.47. The molecule has 11 unspecified atom stereocenters. The highest BCUT2D eigenvalue weighted by Crippen LogP contribution is 2.26. The summed E-state index contributed by atoms with van der Waals surface area (Å²) in [5.74, 6) is -0.378. The zero-order valence-corrected chi connectivity index (χ0v) is 42.3. The number of ether oxygens (including phenoxy) is 6. The predicted octanol–water partition coefficient (Wildman–Crippen LogP) is 8.58. The average molecular weight is 971 g/mol. The number of allylic oxidation sites excluding steroid dienone is 6. The minimum absolute atomic E-state index is 0.0571. The van der Waals surface area contributed by atoms with Gasteiger partial charge in [0.25, 0.3) is 0 Å². The molecule has 2 aliphatic rings. The van der Waals surface area contributed by atoms with Gasteiger partial charge in [-0.3, -0.25) is 4.79 Å². The third-order valence-corrected chi connectivity index (χ3v) is 12.9. The Hall–Kier alpha value is -1.79. The van der Waals surface area contributed by atoms with E-state index in [1.165, 1.54) is 116 Å². The number of unbranched alkanes of at least 4 members (excludes halogenated alkanes) is 23. The van der Waals surface area contributed by atoms with Crippen molar-refractivity contribution < 1.29 is 69.0 Å². The first-order valence-electron chi connectivity index (χ1n) is 27.1. The molecule has 0 aliphatic carbocycles. The molecule has 2 fully saturated rings. The molecule has 398 valence electrons. The molecule has 14 heteroatoms. The summed E-state index contributed by atoms with van der Waals surface area (Å²) in [5.41, 5.74) is 0. The van der Waals surface area contributed by atoms with Gasteiger partial charge in [-0.25, -0.2) is 0 Å². The van der Waals surface area contributed by atoms with Crippen LogP contribution in [0.15, 0.2) is 36.5 Å². The summed E-state index contributed by atoms with van der Waals surface area (Å²) in [5, 5.41) is 72.2. The van der Waals surface area contributed by atoms with E-state index in [0.717, 1.165) is 57.8 Å². The Morgan fingerprint density at radius 2 is 0.912 bits per heavy atom. The van der Waals surface area contributed by atoms with E-state index < -0.39 is 80.7 Å². The minimum Gasteiger partial charge on any atom is -0.457 e. The Kier molecular flexibility index (Phi) is 38.3. The number of carbonyl (C=O) groups excluding carboxylic acids is 1. The monoisotopic (exact) mass is 971 g/mol. The third kappa shape index (κ3) is 28.9.